The van der Waals surface area contributed by atoms with Crippen LogP contribution in [0.2, 0.25) is 0 Å². The minimum Gasteiger partial charge on any atom is -0.459 e. The molecule has 3 fully saturated rings. The molecule has 0 N–H and O–H groups in total. The molecule has 8 heteroatoms. The molecule has 0 saturated carbocycles. The Balaban J connectivity index is 1.28. The van der Waals surface area contributed by atoms with Crippen LogP contribution in [0.4, 0.5) is 0 Å². The fourth-order valence-corrected chi connectivity index (χ4v) is 4.54. The van der Waals surface area contributed by atoms with Gasteiger partial charge in [-0.05, 0) is 44.7 Å². The first-order valence-electron chi connectivity index (χ1n) is 9.90. The number of piperidine rings is 1. The largest absolute Gasteiger partial charge is 0.459 e. The van der Waals surface area contributed by atoms with Gasteiger partial charge in [-0.1, -0.05) is 5.16 Å². The monoisotopic (exact) mass is 383 g/mol. The van der Waals surface area contributed by atoms with Crippen molar-refractivity contribution >= 4 is 0 Å². The van der Waals surface area contributed by atoms with Gasteiger partial charge in [0.1, 0.15) is 5.76 Å². The third-order valence-electron chi connectivity index (χ3n) is 6.00. The lowest BCUT2D eigenvalue weighted by atomic mass is 9.95. The van der Waals surface area contributed by atoms with E-state index >= 15 is 0 Å². The zero-order chi connectivity index (χ0) is 19.1. The van der Waals surface area contributed by atoms with E-state index in [2.05, 4.69) is 25.2 Å². The van der Waals surface area contributed by atoms with Crippen LogP contribution < -0.4 is 0 Å². The molecule has 2 atom stereocenters. The second-order valence-electron chi connectivity index (χ2n) is 8.00. The highest BCUT2D eigenvalue weighted by Gasteiger charge is 2.36. The number of hydrogen-bond donors (Lipinski definition) is 0. The van der Waals surface area contributed by atoms with Gasteiger partial charge in [-0.3, -0.25) is 9.80 Å². The Kier molecular flexibility index (Phi) is 4.52. The Morgan fingerprint density at radius 2 is 2.04 bits per heavy atom. The predicted molar refractivity (Wildman–Crippen MR) is 100 cm³/mol. The highest BCUT2D eigenvalue weighted by molar-refractivity contribution is 5.42. The molecular formula is C20H25N5O3. The Labute approximate surface area is 163 Å². The molecule has 6 rings (SSSR count). The van der Waals surface area contributed by atoms with Gasteiger partial charge in [0.05, 0.1) is 18.5 Å². The summed E-state index contributed by atoms with van der Waals surface area (Å²) < 4.78 is 16.5. The standard InChI is InChI=1S/C20H25N5O3/c1-13-17(14(2)28-23-13)11-24-8-15-5-6-16(10-24)25(9-15)12-19-21-22-20(27-19)18-4-3-7-26-18/h3-4,7,15-16H,5-6,8-12H2,1-2H3/t15-,16+/m1/s1. The van der Waals surface area contributed by atoms with Crippen LogP contribution in [0.3, 0.4) is 0 Å². The lowest BCUT2D eigenvalue weighted by molar-refractivity contribution is 0.112. The van der Waals surface area contributed by atoms with E-state index in [1.54, 1.807) is 6.26 Å². The first kappa shape index (κ1) is 17.6. The van der Waals surface area contributed by atoms with Crippen molar-refractivity contribution in [3.8, 4) is 11.7 Å². The number of nitrogens with zero attached hydrogens (tertiary/aromatic N) is 5. The van der Waals surface area contributed by atoms with Crippen molar-refractivity contribution in [1.82, 2.24) is 25.2 Å². The highest BCUT2D eigenvalue weighted by Crippen LogP contribution is 2.31. The van der Waals surface area contributed by atoms with Crippen LogP contribution in [0.1, 0.15) is 35.7 Å². The van der Waals surface area contributed by atoms with Crippen LogP contribution in [0.25, 0.3) is 11.7 Å². The Bertz CT molecular complexity index is 912. The molecule has 3 aromatic heterocycles. The lowest BCUT2D eigenvalue weighted by Crippen LogP contribution is -2.43. The molecular weight excluding hydrogens is 358 g/mol. The number of aryl methyl sites for hydroxylation is 2. The third-order valence-corrected chi connectivity index (χ3v) is 6.00. The van der Waals surface area contributed by atoms with Gasteiger partial charge in [0.25, 0.3) is 5.89 Å². The van der Waals surface area contributed by atoms with E-state index in [-0.39, 0.29) is 0 Å². The van der Waals surface area contributed by atoms with E-state index in [1.165, 1.54) is 18.4 Å². The summed E-state index contributed by atoms with van der Waals surface area (Å²) in [7, 11) is 0. The molecule has 8 nitrogen and oxygen atoms in total. The quantitative estimate of drug-likeness (QED) is 0.665. The molecule has 0 aliphatic carbocycles. The summed E-state index contributed by atoms with van der Waals surface area (Å²) in [4.78, 5) is 5.05. The first-order valence-corrected chi connectivity index (χ1v) is 9.90. The summed E-state index contributed by atoms with van der Waals surface area (Å²) in [6.07, 6.45) is 4.10. The molecule has 148 valence electrons. The van der Waals surface area contributed by atoms with Gasteiger partial charge >= 0.3 is 0 Å². The molecule has 3 aliphatic rings. The van der Waals surface area contributed by atoms with Crippen LogP contribution >= 0.6 is 0 Å². The number of hydrogen-bond acceptors (Lipinski definition) is 8. The zero-order valence-electron chi connectivity index (χ0n) is 16.3. The summed E-state index contributed by atoms with van der Waals surface area (Å²) in [5, 5.41) is 12.5. The van der Waals surface area contributed by atoms with Gasteiger partial charge < -0.3 is 13.4 Å². The van der Waals surface area contributed by atoms with Crippen molar-refractivity contribution in [2.75, 3.05) is 19.6 Å². The molecule has 6 heterocycles. The fraction of sp³-hybridized carbons (Fsp3) is 0.550. The van der Waals surface area contributed by atoms with E-state index in [1.807, 2.05) is 26.0 Å². The average molecular weight is 383 g/mol. The average Bonchev–Trinajstić information content (AvgIpc) is 3.37. The van der Waals surface area contributed by atoms with Crippen molar-refractivity contribution < 1.29 is 13.4 Å². The van der Waals surface area contributed by atoms with Crippen LogP contribution in [-0.2, 0) is 13.1 Å². The zero-order valence-corrected chi connectivity index (χ0v) is 16.3. The maximum absolute atomic E-state index is 5.83. The summed E-state index contributed by atoms with van der Waals surface area (Å²) in [5.74, 6) is 3.30. The van der Waals surface area contributed by atoms with Gasteiger partial charge in [-0.2, -0.15) is 0 Å². The van der Waals surface area contributed by atoms with Crippen LogP contribution in [0, 0.1) is 19.8 Å². The highest BCUT2D eigenvalue weighted by atomic mass is 16.5. The normalized spacial score (nSPS) is 23.4. The second kappa shape index (κ2) is 7.18. The van der Waals surface area contributed by atoms with E-state index in [0.29, 0.717) is 36.0 Å². The van der Waals surface area contributed by atoms with Crippen molar-refractivity contribution in [2.24, 2.45) is 5.92 Å². The first-order chi connectivity index (χ1) is 13.7. The van der Waals surface area contributed by atoms with Crippen molar-refractivity contribution in [3.63, 3.8) is 0 Å². The van der Waals surface area contributed by atoms with Gasteiger partial charge in [-0.25, -0.2) is 0 Å². The van der Waals surface area contributed by atoms with Crippen molar-refractivity contribution in [2.45, 2.75) is 45.8 Å². The van der Waals surface area contributed by atoms with E-state index < -0.39 is 0 Å². The molecule has 3 aromatic rings. The van der Waals surface area contributed by atoms with Crippen LogP contribution in [0.5, 0.6) is 0 Å². The number of aromatic nitrogens is 3. The summed E-state index contributed by atoms with van der Waals surface area (Å²) in [6, 6.07) is 4.15. The summed E-state index contributed by atoms with van der Waals surface area (Å²) >= 11 is 0. The summed E-state index contributed by atoms with van der Waals surface area (Å²) in [5.41, 5.74) is 2.23. The number of furan rings is 1. The van der Waals surface area contributed by atoms with Crippen LogP contribution in [0.15, 0.2) is 31.8 Å². The van der Waals surface area contributed by atoms with E-state index in [9.17, 15) is 0 Å². The molecule has 0 radical (unpaired) electrons. The molecule has 3 saturated heterocycles. The van der Waals surface area contributed by atoms with E-state index in [4.69, 9.17) is 13.4 Å². The number of rotatable bonds is 5. The molecule has 3 aliphatic heterocycles. The Morgan fingerprint density at radius 3 is 2.82 bits per heavy atom. The molecule has 0 unspecified atom stereocenters. The molecule has 0 aromatic carbocycles. The van der Waals surface area contributed by atoms with Gasteiger partial charge in [-0.15, -0.1) is 10.2 Å². The fourth-order valence-electron chi connectivity index (χ4n) is 4.54. The van der Waals surface area contributed by atoms with Crippen molar-refractivity contribution in [3.05, 3.63) is 41.3 Å². The third kappa shape index (κ3) is 3.38. The predicted octanol–water partition coefficient (Wildman–Crippen LogP) is 3.03. The Morgan fingerprint density at radius 1 is 1.11 bits per heavy atom. The Hall–Kier alpha value is -2.45. The minimum atomic E-state index is 0.444. The van der Waals surface area contributed by atoms with Gasteiger partial charge in [0.15, 0.2) is 5.76 Å². The smallest absolute Gasteiger partial charge is 0.283 e. The molecule has 2 bridgehead atoms. The molecule has 0 amide bonds. The number of fused-ring (bicyclic) bond motifs is 4. The van der Waals surface area contributed by atoms with Crippen LogP contribution in [-0.4, -0.2) is 50.8 Å². The SMILES string of the molecule is Cc1noc(C)c1CN1C[C@H]2CC[C@@H](C1)N(Cc1nnc(-c3ccco3)o1)C2. The van der Waals surface area contributed by atoms with Gasteiger partial charge in [0, 0.05) is 37.8 Å². The topological polar surface area (TPSA) is 84.6 Å². The maximum atomic E-state index is 5.83. The second-order valence-corrected chi connectivity index (χ2v) is 8.00. The van der Waals surface area contributed by atoms with E-state index in [0.717, 1.165) is 37.6 Å². The summed E-state index contributed by atoms with van der Waals surface area (Å²) in [6.45, 7) is 8.84. The molecule has 28 heavy (non-hydrogen) atoms. The maximum Gasteiger partial charge on any atom is 0.283 e. The minimum absolute atomic E-state index is 0.444. The van der Waals surface area contributed by atoms with Gasteiger partial charge in [0.2, 0.25) is 5.89 Å². The lowest BCUT2D eigenvalue weighted by Gasteiger charge is -2.35. The molecule has 0 spiro atoms. The van der Waals surface area contributed by atoms with Crippen molar-refractivity contribution in [1.29, 1.82) is 0 Å².